The molecule has 144 valence electrons. The maximum atomic E-state index is 12.9. The second-order valence-electron chi connectivity index (χ2n) is 6.38. The van der Waals surface area contributed by atoms with Crippen molar-refractivity contribution in [3.05, 3.63) is 41.6 Å². The third-order valence-corrected chi connectivity index (χ3v) is 6.23. The van der Waals surface area contributed by atoms with Crippen LogP contribution in [-0.4, -0.2) is 56.4 Å². The largest absolute Gasteiger partial charge is 0.463 e. The first-order valence-corrected chi connectivity index (χ1v) is 10.5. The molecule has 0 unspecified atom stereocenters. The van der Waals surface area contributed by atoms with Gasteiger partial charge in [-0.2, -0.15) is 4.31 Å². The molecule has 7 heteroatoms. The van der Waals surface area contributed by atoms with Crippen LogP contribution in [0.2, 0.25) is 0 Å². The zero-order chi connectivity index (χ0) is 19.2. The molecule has 1 aliphatic heterocycles. The standard InChI is InChI=1S/C19H28N2O4S/c1-4-6-11-20-12-13-21(15-17(20)14-19(22)25-5-2)26(23,24)18-9-7-16(3)8-10-18/h7-10,14H,4-6,11-13,15H2,1-3H3/b17-14+. The van der Waals surface area contributed by atoms with Crippen molar-refractivity contribution in [1.29, 1.82) is 0 Å². The van der Waals surface area contributed by atoms with Crippen molar-refractivity contribution >= 4 is 16.0 Å². The molecule has 0 saturated carbocycles. The number of hydrogen-bond donors (Lipinski definition) is 0. The number of carbonyl (C=O) groups is 1. The SMILES string of the molecule is CCCCN1CCN(S(=O)(=O)c2ccc(C)cc2)C/C1=C\C(=O)OCC. The summed E-state index contributed by atoms with van der Waals surface area (Å²) in [5, 5.41) is 0. The van der Waals surface area contributed by atoms with Gasteiger partial charge in [-0.05, 0) is 32.4 Å². The molecule has 0 spiro atoms. The summed E-state index contributed by atoms with van der Waals surface area (Å²) in [4.78, 5) is 14.3. The third kappa shape index (κ3) is 5.08. The lowest BCUT2D eigenvalue weighted by molar-refractivity contribution is -0.137. The van der Waals surface area contributed by atoms with Gasteiger partial charge in [0.2, 0.25) is 10.0 Å². The van der Waals surface area contributed by atoms with Gasteiger partial charge < -0.3 is 9.64 Å². The lowest BCUT2D eigenvalue weighted by Gasteiger charge is -2.37. The average molecular weight is 381 g/mol. The molecule has 6 nitrogen and oxygen atoms in total. The molecule has 0 aromatic heterocycles. The van der Waals surface area contributed by atoms with E-state index in [0.29, 0.717) is 25.4 Å². The molecule has 0 N–H and O–H groups in total. The van der Waals surface area contributed by atoms with Crippen LogP contribution in [0.15, 0.2) is 40.9 Å². The number of piperazine rings is 1. The van der Waals surface area contributed by atoms with Crippen molar-refractivity contribution < 1.29 is 17.9 Å². The Hall–Kier alpha value is -1.86. The number of unbranched alkanes of at least 4 members (excludes halogenated alkanes) is 1. The minimum Gasteiger partial charge on any atom is -0.463 e. The number of ether oxygens (including phenoxy) is 1. The summed E-state index contributed by atoms with van der Waals surface area (Å²) in [7, 11) is -3.59. The highest BCUT2D eigenvalue weighted by atomic mass is 32.2. The number of sulfonamides is 1. The summed E-state index contributed by atoms with van der Waals surface area (Å²) < 4.78 is 32.3. The minimum atomic E-state index is -3.59. The summed E-state index contributed by atoms with van der Waals surface area (Å²) in [6, 6.07) is 6.84. The molecule has 0 amide bonds. The van der Waals surface area contributed by atoms with Crippen LogP contribution >= 0.6 is 0 Å². The summed E-state index contributed by atoms with van der Waals surface area (Å²) >= 11 is 0. The molecule has 2 rings (SSSR count). The molecule has 0 aliphatic carbocycles. The van der Waals surface area contributed by atoms with Crippen molar-refractivity contribution in [2.45, 2.75) is 38.5 Å². The predicted molar refractivity (Wildman–Crippen MR) is 101 cm³/mol. The van der Waals surface area contributed by atoms with E-state index in [-0.39, 0.29) is 11.4 Å². The highest BCUT2D eigenvalue weighted by Gasteiger charge is 2.31. The van der Waals surface area contributed by atoms with Gasteiger partial charge in [-0.1, -0.05) is 31.0 Å². The number of aryl methyl sites for hydroxylation is 1. The van der Waals surface area contributed by atoms with Crippen LogP contribution in [0, 0.1) is 6.92 Å². The Labute approximate surface area is 156 Å². The number of nitrogens with zero attached hydrogens (tertiary/aromatic N) is 2. The summed E-state index contributed by atoms with van der Waals surface area (Å²) in [6.07, 6.45) is 3.45. The van der Waals surface area contributed by atoms with Gasteiger partial charge >= 0.3 is 5.97 Å². The monoisotopic (exact) mass is 380 g/mol. The lowest BCUT2D eigenvalue weighted by atomic mass is 10.2. The molecule has 1 saturated heterocycles. The smallest absolute Gasteiger partial charge is 0.332 e. The third-order valence-electron chi connectivity index (χ3n) is 4.38. The highest BCUT2D eigenvalue weighted by molar-refractivity contribution is 7.89. The quantitative estimate of drug-likeness (QED) is 0.537. The number of benzene rings is 1. The van der Waals surface area contributed by atoms with Gasteiger partial charge in [0.25, 0.3) is 0 Å². The molecule has 0 atom stereocenters. The van der Waals surface area contributed by atoms with Crippen LogP contribution in [0.5, 0.6) is 0 Å². The molecule has 1 aromatic rings. The van der Waals surface area contributed by atoms with E-state index in [1.165, 1.54) is 10.4 Å². The second-order valence-corrected chi connectivity index (χ2v) is 8.32. The average Bonchev–Trinajstić information content (AvgIpc) is 2.61. The first kappa shape index (κ1) is 20.5. The fourth-order valence-corrected chi connectivity index (χ4v) is 4.26. The zero-order valence-corrected chi connectivity index (χ0v) is 16.6. The fraction of sp³-hybridized carbons (Fsp3) is 0.526. The van der Waals surface area contributed by atoms with E-state index in [0.717, 1.165) is 24.9 Å². The van der Waals surface area contributed by atoms with Gasteiger partial charge in [-0.3, -0.25) is 0 Å². The molecule has 1 aliphatic rings. The van der Waals surface area contributed by atoms with Gasteiger partial charge in [0.15, 0.2) is 0 Å². The second kappa shape index (κ2) is 9.19. The number of esters is 1. The Morgan fingerprint density at radius 2 is 1.88 bits per heavy atom. The van der Waals surface area contributed by atoms with Gasteiger partial charge in [0, 0.05) is 31.4 Å². The minimum absolute atomic E-state index is 0.179. The van der Waals surface area contributed by atoms with Crippen molar-refractivity contribution in [1.82, 2.24) is 9.21 Å². The number of carbonyl (C=O) groups excluding carboxylic acids is 1. The topological polar surface area (TPSA) is 66.9 Å². The van der Waals surface area contributed by atoms with Crippen molar-refractivity contribution in [3.8, 4) is 0 Å². The van der Waals surface area contributed by atoms with Gasteiger partial charge in [0.05, 0.1) is 18.0 Å². The van der Waals surface area contributed by atoms with E-state index in [1.54, 1.807) is 31.2 Å². The van der Waals surface area contributed by atoms with Crippen LogP contribution in [-0.2, 0) is 19.6 Å². The van der Waals surface area contributed by atoms with Crippen molar-refractivity contribution in [2.75, 3.05) is 32.8 Å². The molecule has 1 heterocycles. The van der Waals surface area contributed by atoms with Crippen LogP contribution in [0.1, 0.15) is 32.3 Å². The molecular formula is C19H28N2O4S. The molecule has 0 bridgehead atoms. The van der Waals surface area contributed by atoms with Crippen LogP contribution in [0.3, 0.4) is 0 Å². The van der Waals surface area contributed by atoms with E-state index < -0.39 is 16.0 Å². The predicted octanol–water partition coefficient (Wildman–Crippen LogP) is 2.55. The van der Waals surface area contributed by atoms with E-state index in [1.807, 2.05) is 6.92 Å². The van der Waals surface area contributed by atoms with E-state index in [2.05, 4.69) is 11.8 Å². The Kier molecular flexibility index (Phi) is 7.23. The highest BCUT2D eigenvalue weighted by Crippen LogP contribution is 2.22. The first-order valence-electron chi connectivity index (χ1n) is 9.07. The molecule has 26 heavy (non-hydrogen) atoms. The first-order chi connectivity index (χ1) is 12.4. The zero-order valence-electron chi connectivity index (χ0n) is 15.8. The van der Waals surface area contributed by atoms with E-state index >= 15 is 0 Å². The van der Waals surface area contributed by atoms with Crippen LogP contribution < -0.4 is 0 Å². The maximum Gasteiger partial charge on any atom is 0.332 e. The van der Waals surface area contributed by atoms with Gasteiger partial charge in [-0.15, -0.1) is 0 Å². The van der Waals surface area contributed by atoms with E-state index in [4.69, 9.17) is 4.74 Å². The Bertz CT molecular complexity index is 741. The molecule has 1 aromatic carbocycles. The number of rotatable bonds is 7. The van der Waals surface area contributed by atoms with Crippen LogP contribution in [0.25, 0.3) is 0 Å². The van der Waals surface area contributed by atoms with Crippen LogP contribution in [0.4, 0.5) is 0 Å². The summed E-state index contributed by atoms with van der Waals surface area (Å²) in [5.41, 5.74) is 1.70. The Morgan fingerprint density at radius 1 is 1.19 bits per heavy atom. The van der Waals surface area contributed by atoms with Gasteiger partial charge in [0.1, 0.15) is 0 Å². The Morgan fingerprint density at radius 3 is 2.50 bits per heavy atom. The van der Waals surface area contributed by atoms with Gasteiger partial charge in [-0.25, -0.2) is 13.2 Å². The fourth-order valence-electron chi connectivity index (χ4n) is 2.86. The lowest BCUT2D eigenvalue weighted by Crippen LogP contribution is -2.47. The molecule has 1 fully saturated rings. The normalized spacial score (nSPS) is 17.5. The summed E-state index contributed by atoms with van der Waals surface area (Å²) in [5.74, 6) is -0.432. The summed E-state index contributed by atoms with van der Waals surface area (Å²) in [6.45, 7) is 8.02. The van der Waals surface area contributed by atoms with Crippen molar-refractivity contribution in [3.63, 3.8) is 0 Å². The Balaban J connectivity index is 2.24. The molecule has 0 radical (unpaired) electrons. The van der Waals surface area contributed by atoms with Crippen molar-refractivity contribution in [2.24, 2.45) is 0 Å². The molecular weight excluding hydrogens is 352 g/mol. The number of hydrogen-bond acceptors (Lipinski definition) is 5. The van der Waals surface area contributed by atoms with E-state index in [9.17, 15) is 13.2 Å². The maximum absolute atomic E-state index is 12.9.